The van der Waals surface area contributed by atoms with Crippen molar-refractivity contribution in [1.29, 1.82) is 0 Å². The van der Waals surface area contributed by atoms with Crippen molar-refractivity contribution in [2.45, 2.75) is 58.2 Å². The van der Waals surface area contributed by atoms with Gasteiger partial charge in [-0.05, 0) is 53.5 Å². The molecule has 1 heterocycles. The van der Waals surface area contributed by atoms with Gasteiger partial charge in [-0.15, -0.1) is 0 Å². The van der Waals surface area contributed by atoms with Crippen LogP contribution in [0.25, 0.3) is 0 Å². The molecular weight excluding hydrogens is 218 g/mol. The van der Waals surface area contributed by atoms with Crippen LogP contribution in [-0.4, -0.2) is 28.8 Å². The summed E-state index contributed by atoms with van der Waals surface area (Å²) in [4.78, 5) is 11.4. The molecule has 0 aromatic heterocycles. The largest absolute Gasteiger partial charge is 0.481 e. The van der Waals surface area contributed by atoms with E-state index in [9.17, 15) is 9.90 Å². The molecule has 3 N–H and O–H groups in total. The highest BCUT2D eigenvalue weighted by atomic mass is 16.5. The molecule has 0 spiro atoms. The summed E-state index contributed by atoms with van der Waals surface area (Å²) in [6.45, 7) is 8.57. The van der Waals surface area contributed by atoms with E-state index in [0.29, 0.717) is 13.0 Å². The van der Waals surface area contributed by atoms with Crippen LogP contribution >= 0.6 is 0 Å². The highest BCUT2D eigenvalue weighted by Crippen LogP contribution is 2.46. The number of carboxylic acid groups (broad SMARTS) is 1. The van der Waals surface area contributed by atoms with E-state index in [1.807, 2.05) is 27.7 Å². The zero-order valence-corrected chi connectivity index (χ0v) is 11.3. The van der Waals surface area contributed by atoms with Crippen LogP contribution in [0.2, 0.25) is 0 Å². The SMILES string of the molecule is CC1(C)CC(C(CCCN)C(=O)O)C(C)(C)O1. The quantitative estimate of drug-likeness (QED) is 0.775. The number of rotatable bonds is 5. The molecule has 100 valence electrons. The van der Waals surface area contributed by atoms with Crippen LogP contribution in [0.4, 0.5) is 0 Å². The molecule has 1 rings (SSSR count). The Morgan fingerprint density at radius 3 is 2.41 bits per heavy atom. The molecule has 1 aliphatic rings. The molecule has 2 unspecified atom stereocenters. The van der Waals surface area contributed by atoms with E-state index >= 15 is 0 Å². The first-order valence-corrected chi connectivity index (χ1v) is 6.32. The van der Waals surface area contributed by atoms with Crippen molar-refractivity contribution < 1.29 is 14.6 Å². The Balaban J connectivity index is 2.83. The van der Waals surface area contributed by atoms with Gasteiger partial charge in [0.25, 0.3) is 0 Å². The first-order valence-electron chi connectivity index (χ1n) is 6.32. The van der Waals surface area contributed by atoms with Gasteiger partial charge in [0.2, 0.25) is 0 Å². The summed E-state index contributed by atoms with van der Waals surface area (Å²) in [6, 6.07) is 0. The van der Waals surface area contributed by atoms with Crippen molar-refractivity contribution in [3.8, 4) is 0 Å². The monoisotopic (exact) mass is 243 g/mol. The van der Waals surface area contributed by atoms with E-state index in [-0.39, 0.29) is 23.0 Å². The van der Waals surface area contributed by atoms with Gasteiger partial charge in [0.15, 0.2) is 0 Å². The smallest absolute Gasteiger partial charge is 0.306 e. The molecule has 0 aromatic rings. The molecule has 1 saturated heterocycles. The van der Waals surface area contributed by atoms with Crippen LogP contribution in [0.1, 0.15) is 47.0 Å². The topological polar surface area (TPSA) is 72.6 Å². The number of ether oxygens (including phenoxy) is 1. The molecule has 4 nitrogen and oxygen atoms in total. The van der Waals surface area contributed by atoms with Crippen LogP contribution in [0.3, 0.4) is 0 Å². The Bertz CT molecular complexity index is 286. The molecule has 4 heteroatoms. The molecule has 1 aliphatic heterocycles. The number of carboxylic acids is 1. The molecule has 0 amide bonds. The number of aliphatic carboxylic acids is 1. The van der Waals surface area contributed by atoms with Crippen molar-refractivity contribution in [3.05, 3.63) is 0 Å². The van der Waals surface area contributed by atoms with Gasteiger partial charge in [-0.25, -0.2) is 0 Å². The molecule has 0 bridgehead atoms. The molecule has 0 radical (unpaired) electrons. The molecule has 0 aliphatic carbocycles. The minimum atomic E-state index is -0.724. The molecular formula is C13H25NO3. The van der Waals surface area contributed by atoms with Crippen LogP contribution in [0, 0.1) is 11.8 Å². The predicted molar refractivity (Wildman–Crippen MR) is 66.8 cm³/mol. The van der Waals surface area contributed by atoms with Crippen LogP contribution in [0.5, 0.6) is 0 Å². The normalized spacial score (nSPS) is 27.9. The van der Waals surface area contributed by atoms with Gasteiger partial charge < -0.3 is 15.6 Å². The third kappa shape index (κ3) is 3.42. The number of nitrogens with two attached hydrogens (primary N) is 1. The summed E-state index contributed by atoms with van der Waals surface area (Å²) in [5.41, 5.74) is 4.87. The molecule has 2 atom stereocenters. The minimum Gasteiger partial charge on any atom is -0.481 e. The molecule has 17 heavy (non-hydrogen) atoms. The Hall–Kier alpha value is -0.610. The minimum absolute atomic E-state index is 0.0570. The highest BCUT2D eigenvalue weighted by Gasteiger charge is 2.50. The van der Waals surface area contributed by atoms with Crippen molar-refractivity contribution in [2.24, 2.45) is 17.6 Å². The maximum absolute atomic E-state index is 11.4. The van der Waals surface area contributed by atoms with Gasteiger partial charge in [-0.3, -0.25) is 4.79 Å². The summed E-state index contributed by atoms with van der Waals surface area (Å²) in [5.74, 6) is -1.02. The van der Waals surface area contributed by atoms with E-state index in [4.69, 9.17) is 10.5 Å². The van der Waals surface area contributed by atoms with E-state index in [1.165, 1.54) is 0 Å². The standard InChI is InChI=1S/C13H25NO3/c1-12(2)8-10(13(3,4)17-12)9(11(15)16)6-5-7-14/h9-10H,5-8,14H2,1-4H3,(H,15,16). The second kappa shape index (κ2) is 4.94. The number of hydrogen-bond donors (Lipinski definition) is 2. The maximum atomic E-state index is 11.4. The fourth-order valence-electron chi connectivity index (χ4n) is 3.07. The van der Waals surface area contributed by atoms with Crippen LogP contribution in [0.15, 0.2) is 0 Å². The Kier molecular flexibility index (Phi) is 4.20. The van der Waals surface area contributed by atoms with E-state index in [2.05, 4.69) is 0 Å². The van der Waals surface area contributed by atoms with Crippen LogP contribution < -0.4 is 5.73 Å². The van der Waals surface area contributed by atoms with E-state index < -0.39 is 5.97 Å². The fourth-order valence-corrected chi connectivity index (χ4v) is 3.07. The Labute approximate surface area is 104 Å². The average Bonchev–Trinajstić information content (AvgIpc) is 2.35. The predicted octanol–water partition coefficient (Wildman–Crippen LogP) is 2.02. The van der Waals surface area contributed by atoms with E-state index in [0.717, 1.165) is 12.8 Å². The Morgan fingerprint density at radius 1 is 1.47 bits per heavy atom. The van der Waals surface area contributed by atoms with Gasteiger partial charge in [0.1, 0.15) is 0 Å². The summed E-state index contributed by atoms with van der Waals surface area (Å²) in [5, 5.41) is 9.37. The number of hydrogen-bond acceptors (Lipinski definition) is 3. The maximum Gasteiger partial charge on any atom is 0.306 e. The fraction of sp³-hybridized carbons (Fsp3) is 0.923. The van der Waals surface area contributed by atoms with Gasteiger partial charge >= 0.3 is 5.97 Å². The second-order valence-corrected chi connectivity index (χ2v) is 6.15. The van der Waals surface area contributed by atoms with Gasteiger partial charge in [0.05, 0.1) is 17.1 Å². The Morgan fingerprint density at radius 2 is 2.06 bits per heavy atom. The second-order valence-electron chi connectivity index (χ2n) is 6.15. The summed E-state index contributed by atoms with van der Waals surface area (Å²) < 4.78 is 5.97. The summed E-state index contributed by atoms with van der Waals surface area (Å²) >= 11 is 0. The van der Waals surface area contributed by atoms with Crippen molar-refractivity contribution in [1.82, 2.24) is 0 Å². The first-order chi connectivity index (χ1) is 7.69. The average molecular weight is 243 g/mol. The van der Waals surface area contributed by atoms with Crippen LogP contribution in [-0.2, 0) is 9.53 Å². The van der Waals surface area contributed by atoms with Crippen molar-refractivity contribution in [2.75, 3.05) is 6.54 Å². The lowest BCUT2D eigenvalue weighted by Crippen LogP contribution is -2.37. The van der Waals surface area contributed by atoms with E-state index in [1.54, 1.807) is 0 Å². The zero-order valence-electron chi connectivity index (χ0n) is 11.3. The first kappa shape index (κ1) is 14.5. The third-order valence-corrected chi connectivity index (χ3v) is 3.67. The van der Waals surface area contributed by atoms with Crippen molar-refractivity contribution >= 4 is 5.97 Å². The third-order valence-electron chi connectivity index (χ3n) is 3.67. The van der Waals surface area contributed by atoms with Gasteiger partial charge in [-0.2, -0.15) is 0 Å². The van der Waals surface area contributed by atoms with Gasteiger partial charge in [-0.1, -0.05) is 0 Å². The molecule has 1 fully saturated rings. The zero-order chi connectivity index (χ0) is 13.3. The molecule has 0 saturated carbocycles. The van der Waals surface area contributed by atoms with Gasteiger partial charge in [0, 0.05) is 5.92 Å². The number of carbonyl (C=O) groups is 1. The summed E-state index contributed by atoms with van der Waals surface area (Å²) in [7, 11) is 0. The lowest BCUT2D eigenvalue weighted by Gasteiger charge is -2.30. The summed E-state index contributed by atoms with van der Waals surface area (Å²) in [6.07, 6.45) is 2.19. The van der Waals surface area contributed by atoms with Crippen molar-refractivity contribution in [3.63, 3.8) is 0 Å². The highest BCUT2D eigenvalue weighted by molar-refractivity contribution is 5.70. The lowest BCUT2D eigenvalue weighted by molar-refractivity contribution is -0.147. The lowest BCUT2D eigenvalue weighted by atomic mass is 9.76. The molecule has 0 aromatic carbocycles.